The van der Waals surface area contributed by atoms with Crippen molar-refractivity contribution in [1.29, 1.82) is 0 Å². The zero-order valence-corrected chi connectivity index (χ0v) is 18.4. The third-order valence-electron chi connectivity index (χ3n) is 6.65. The maximum absolute atomic E-state index is 14.7. The number of aromatic nitrogens is 4. The molecule has 8 nitrogen and oxygen atoms in total. The number of ketones is 1. The van der Waals surface area contributed by atoms with E-state index >= 15 is 0 Å². The van der Waals surface area contributed by atoms with Crippen LogP contribution in [0, 0.1) is 5.82 Å². The minimum atomic E-state index is -1.40. The molecule has 4 N–H and O–H groups in total. The molecule has 32 heavy (non-hydrogen) atoms. The Bertz CT molecular complexity index is 1220. The number of nitrogens with two attached hydrogens (primary N) is 1. The van der Waals surface area contributed by atoms with E-state index < -0.39 is 11.4 Å². The van der Waals surface area contributed by atoms with Gasteiger partial charge in [-0.25, -0.2) is 9.37 Å². The highest BCUT2D eigenvalue weighted by Gasteiger charge is 2.37. The van der Waals surface area contributed by atoms with Gasteiger partial charge in [0.05, 0.1) is 17.5 Å². The highest BCUT2D eigenvalue weighted by atomic mass is 19.1. The van der Waals surface area contributed by atoms with Gasteiger partial charge in [-0.2, -0.15) is 9.61 Å². The van der Waals surface area contributed by atoms with Crippen molar-refractivity contribution in [3.63, 3.8) is 0 Å². The van der Waals surface area contributed by atoms with Crippen molar-refractivity contribution in [3.8, 4) is 11.1 Å². The molecule has 0 amide bonds. The summed E-state index contributed by atoms with van der Waals surface area (Å²) < 4.78 is 16.1. The molecule has 9 heteroatoms. The molecule has 0 spiro atoms. The number of aliphatic hydroxyl groups is 1. The number of fused-ring (bicyclic) bond motifs is 3. The van der Waals surface area contributed by atoms with E-state index in [1.807, 2.05) is 0 Å². The van der Waals surface area contributed by atoms with Crippen LogP contribution in [0.25, 0.3) is 16.8 Å². The van der Waals surface area contributed by atoms with Crippen LogP contribution in [0.2, 0.25) is 0 Å². The van der Waals surface area contributed by atoms with Crippen LogP contribution in [0.5, 0.6) is 0 Å². The maximum Gasteiger partial charge on any atom is 0.165 e. The van der Waals surface area contributed by atoms with Crippen LogP contribution in [0.3, 0.4) is 0 Å². The van der Waals surface area contributed by atoms with Crippen molar-refractivity contribution in [2.75, 3.05) is 5.73 Å². The van der Waals surface area contributed by atoms with Gasteiger partial charge in [0.2, 0.25) is 0 Å². The summed E-state index contributed by atoms with van der Waals surface area (Å²) in [6, 6.07) is 2.17. The predicted molar refractivity (Wildman–Crippen MR) is 118 cm³/mol. The van der Waals surface area contributed by atoms with Crippen LogP contribution in [-0.2, 0) is 5.60 Å². The SMILES string of the molecule is CC(=O)c1c(C2CC3CC[C@@H](C2)N3)nc2c(-c3cnc(C(C)(C)O)c(F)c3)cnn2c1N. The monoisotopic (exact) mass is 438 g/mol. The highest BCUT2D eigenvalue weighted by Crippen LogP contribution is 2.40. The van der Waals surface area contributed by atoms with Crippen molar-refractivity contribution in [3.05, 3.63) is 41.2 Å². The van der Waals surface area contributed by atoms with Crippen molar-refractivity contribution in [2.45, 2.75) is 70.1 Å². The molecule has 2 fully saturated rings. The van der Waals surface area contributed by atoms with Crippen molar-refractivity contribution in [2.24, 2.45) is 0 Å². The molecule has 5 rings (SSSR count). The van der Waals surface area contributed by atoms with Crippen LogP contribution >= 0.6 is 0 Å². The van der Waals surface area contributed by atoms with E-state index in [-0.39, 0.29) is 23.2 Å². The molecule has 2 bridgehead atoms. The Labute approximate surface area is 185 Å². The lowest BCUT2D eigenvalue weighted by molar-refractivity contribution is 0.0695. The number of anilines is 1. The molecule has 3 atom stereocenters. The minimum absolute atomic E-state index is 0.0325. The molecule has 0 saturated carbocycles. The summed E-state index contributed by atoms with van der Waals surface area (Å²) >= 11 is 0. The molecule has 2 aliphatic heterocycles. The Hall–Kier alpha value is -2.91. The van der Waals surface area contributed by atoms with E-state index in [0.717, 1.165) is 25.7 Å². The maximum atomic E-state index is 14.7. The van der Waals surface area contributed by atoms with Crippen LogP contribution in [-0.4, -0.2) is 42.6 Å². The van der Waals surface area contributed by atoms with Gasteiger partial charge in [0.1, 0.15) is 22.9 Å². The first-order valence-corrected chi connectivity index (χ1v) is 11.0. The lowest BCUT2D eigenvalue weighted by Gasteiger charge is -2.30. The summed E-state index contributed by atoms with van der Waals surface area (Å²) in [5.41, 5.74) is 7.61. The molecule has 5 heterocycles. The van der Waals surface area contributed by atoms with E-state index in [1.165, 1.54) is 37.5 Å². The Kier molecular flexibility index (Phi) is 4.79. The summed E-state index contributed by atoms with van der Waals surface area (Å²) in [5.74, 6) is -0.388. The van der Waals surface area contributed by atoms with Gasteiger partial charge in [-0.3, -0.25) is 9.78 Å². The molecule has 3 aromatic rings. The first-order chi connectivity index (χ1) is 15.1. The quantitative estimate of drug-likeness (QED) is 0.536. The largest absolute Gasteiger partial charge is 0.384 e. The van der Waals surface area contributed by atoms with Crippen molar-refractivity contribution < 1.29 is 14.3 Å². The molecular formula is C23H27FN6O2. The van der Waals surface area contributed by atoms with E-state index in [1.54, 1.807) is 6.20 Å². The highest BCUT2D eigenvalue weighted by molar-refractivity contribution is 6.00. The predicted octanol–water partition coefficient (Wildman–Crippen LogP) is 2.94. The number of pyridine rings is 1. The topological polar surface area (TPSA) is 118 Å². The fraction of sp³-hybridized carbons (Fsp3) is 0.478. The lowest BCUT2D eigenvalue weighted by atomic mass is 9.86. The van der Waals surface area contributed by atoms with E-state index in [0.29, 0.717) is 40.1 Å². The number of hydrogen-bond acceptors (Lipinski definition) is 7. The van der Waals surface area contributed by atoms with Gasteiger partial charge in [0.15, 0.2) is 11.4 Å². The number of nitrogen functional groups attached to an aromatic ring is 1. The number of piperidine rings is 1. The van der Waals surface area contributed by atoms with Gasteiger partial charge in [-0.05, 0) is 52.5 Å². The number of nitrogens with one attached hydrogen (secondary N) is 1. The molecule has 168 valence electrons. The smallest absolute Gasteiger partial charge is 0.165 e. The number of nitrogens with zero attached hydrogens (tertiary/aromatic N) is 4. The van der Waals surface area contributed by atoms with E-state index in [2.05, 4.69) is 15.4 Å². The molecule has 2 unspecified atom stereocenters. The van der Waals surface area contributed by atoms with Crippen LogP contribution < -0.4 is 11.1 Å². The number of halogens is 1. The molecule has 2 aliphatic rings. The second-order valence-electron chi connectivity index (χ2n) is 9.53. The normalized spacial score (nSPS) is 23.1. The van der Waals surface area contributed by atoms with Gasteiger partial charge in [0, 0.05) is 35.3 Å². The number of rotatable bonds is 4. The van der Waals surface area contributed by atoms with Gasteiger partial charge >= 0.3 is 0 Å². The lowest BCUT2D eigenvalue weighted by Crippen LogP contribution is -2.38. The van der Waals surface area contributed by atoms with Crippen molar-refractivity contribution in [1.82, 2.24) is 24.9 Å². The van der Waals surface area contributed by atoms with E-state index in [9.17, 15) is 14.3 Å². The van der Waals surface area contributed by atoms with Gasteiger partial charge in [-0.15, -0.1) is 0 Å². The summed E-state index contributed by atoms with van der Waals surface area (Å²) in [7, 11) is 0. The number of carbonyl (C=O) groups is 1. The molecule has 0 radical (unpaired) electrons. The van der Waals surface area contributed by atoms with Gasteiger partial charge in [0.25, 0.3) is 0 Å². The summed E-state index contributed by atoms with van der Waals surface area (Å²) in [6.07, 6.45) is 7.11. The van der Waals surface area contributed by atoms with E-state index in [4.69, 9.17) is 10.7 Å². The van der Waals surface area contributed by atoms with Crippen LogP contribution in [0.15, 0.2) is 18.5 Å². The van der Waals surface area contributed by atoms with Crippen LogP contribution in [0.4, 0.5) is 10.2 Å². The third-order valence-corrected chi connectivity index (χ3v) is 6.65. The first kappa shape index (κ1) is 21.0. The molecule has 0 aliphatic carbocycles. The van der Waals surface area contributed by atoms with Crippen LogP contribution in [0.1, 0.15) is 74.1 Å². The van der Waals surface area contributed by atoms with Gasteiger partial charge < -0.3 is 16.2 Å². The third kappa shape index (κ3) is 3.36. The molecule has 3 aromatic heterocycles. The van der Waals surface area contributed by atoms with Gasteiger partial charge in [-0.1, -0.05) is 0 Å². The second-order valence-corrected chi connectivity index (χ2v) is 9.53. The number of carbonyl (C=O) groups excluding carboxylic acids is 1. The first-order valence-electron chi connectivity index (χ1n) is 11.0. The average molecular weight is 439 g/mol. The molecule has 2 saturated heterocycles. The zero-order chi connectivity index (χ0) is 22.8. The molecular weight excluding hydrogens is 411 g/mol. The standard InChI is InChI=1S/C23H27FN6O2/c1-11(31)18-19(12-6-14-4-5-15(7-12)28-14)29-22-16(10-27-30(22)21(18)25)13-8-17(24)20(26-9-13)23(2,3)32/h8-10,12,14-15,28,32H,4-7,25H2,1-3H3/t12?,14-,15?/m0/s1. The number of hydrogen-bond donors (Lipinski definition) is 3. The Morgan fingerprint density at radius 1 is 1.28 bits per heavy atom. The Morgan fingerprint density at radius 3 is 2.56 bits per heavy atom. The fourth-order valence-corrected chi connectivity index (χ4v) is 5.21. The second kappa shape index (κ2) is 7.31. The summed E-state index contributed by atoms with van der Waals surface area (Å²) in [5, 5.41) is 18.1. The summed E-state index contributed by atoms with van der Waals surface area (Å²) in [6.45, 7) is 4.46. The molecule has 0 aromatic carbocycles. The summed E-state index contributed by atoms with van der Waals surface area (Å²) in [4.78, 5) is 21.6. The van der Waals surface area contributed by atoms with Crippen molar-refractivity contribution >= 4 is 17.2 Å². The number of Topliss-reactive ketones (excluding diaryl/α,β-unsaturated/α-hetero) is 1. The Balaban J connectivity index is 1.66. The fourth-order valence-electron chi connectivity index (χ4n) is 5.21. The Morgan fingerprint density at radius 2 is 1.97 bits per heavy atom. The minimum Gasteiger partial charge on any atom is -0.384 e. The zero-order valence-electron chi connectivity index (χ0n) is 18.4. The average Bonchev–Trinajstić information content (AvgIpc) is 3.29.